The van der Waals surface area contributed by atoms with E-state index in [2.05, 4.69) is 25.2 Å². The molecule has 3 N–H and O–H groups in total. The van der Waals surface area contributed by atoms with Crippen molar-refractivity contribution in [1.29, 1.82) is 0 Å². The Bertz CT molecular complexity index is 426. The molecular formula is C13H18N2O. The molecule has 1 aliphatic rings. The lowest BCUT2D eigenvalue weighted by molar-refractivity contribution is -0.116. The quantitative estimate of drug-likeness (QED) is 0.800. The van der Waals surface area contributed by atoms with Crippen molar-refractivity contribution in [2.75, 3.05) is 5.32 Å². The molecule has 1 aromatic rings. The summed E-state index contributed by atoms with van der Waals surface area (Å²) in [5, 5.41) is 2.86. The lowest BCUT2D eigenvalue weighted by Gasteiger charge is -2.17. The molecule has 0 aromatic heterocycles. The summed E-state index contributed by atoms with van der Waals surface area (Å²) in [6.45, 7) is 6.13. The van der Waals surface area contributed by atoms with Crippen LogP contribution in [0.2, 0.25) is 0 Å². The molecule has 0 aliphatic carbocycles. The van der Waals surface area contributed by atoms with E-state index in [9.17, 15) is 4.79 Å². The van der Waals surface area contributed by atoms with Crippen LogP contribution in [0.15, 0.2) is 18.2 Å². The van der Waals surface area contributed by atoms with Crippen LogP contribution in [-0.4, -0.2) is 5.91 Å². The zero-order valence-corrected chi connectivity index (χ0v) is 9.95. The zero-order chi connectivity index (χ0) is 11.9. The molecule has 3 heteroatoms. The highest BCUT2D eigenvalue weighted by Crippen LogP contribution is 2.34. The van der Waals surface area contributed by atoms with E-state index in [1.807, 2.05) is 19.1 Å². The first-order valence-corrected chi connectivity index (χ1v) is 5.71. The number of carbonyl (C=O) groups excluding carboxylic acids is 1. The Labute approximate surface area is 96.0 Å². The van der Waals surface area contributed by atoms with Crippen LogP contribution in [0.5, 0.6) is 0 Å². The highest BCUT2D eigenvalue weighted by Gasteiger charge is 2.27. The summed E-state index contributed by atoms with van der Waals surface area (Å²) in [5.41, 5.74) is 9.21. The van der Waals surface area contributed by atoms with Gasteiger partial charge in [-0.1, -0.05) is 26.0 Å². The summed E-state index contributed by atoms with van der Waals surface area (Å²) in [6, 6.07) is 6.05. The van der Waals surface area contributed by atoms with E-state index in [4.69, 9.17) is 5.73 Å². The van der Waals surface area contributed by atoms with Crippen molar-refractivity contribution < 1.29 is 4.79 Å². The molecule has 0 radical (unpaired) electrons. The van der Waals surface area contributed by atoms with Gasteiger partial charge in [0.05, 0.1) is 5.92 Å². The Hall–Kier alpha value is -1.35. The number of nitrogens with one attached hydrogen (secondary N) is 1. The summed E-state index contributed by atoms with van der Waals surface area (Å²) < 4.78 is 0. The van der Waals surface area contributed by atoms with Crippen molar-refractivity contribution >= 4 is 11.6 Å². The fraction of sp³-hybridized carbons (Fsp3) is 0.462. The Balaban J connectivity index is 2.37. The molecule has 0 saturated carbocycles. The number of carbonyl (C=O) groups is 1. The number of amides is 1. The average Bonchev–Trinajstić information content (AvgIpc) is 2.53. The van der Waals surface area contributed by atoms with Crippen molar-refractivity contribution in [2.24, 2.45) is 11.7 Å². The molecular weight excluding hydrogens is 200 g/mol. The Morgan fingerprint density at radius 2 is 2.06 bits per heavy atom. The van der Waals surface area contributed by atoms with Crippen LogP contribution in [0.1, 0.15) is 43.9 Å². The van der Waals surface area contributed by atoms with Crippen LogP contribution in [0, 0.1) is 5.92 Å². The van der Waals surface area contributed by atoms with Crippen LogP contribution < -0.4 is 11.1 Å². The summed E-state index contributed by atoms with van der Waals surface area (Å²) in [7, 11) is 0. The first-order valence-electron chi connectivity index (χ1n) is 5.71. The van der Waals surface area contributed by atoms with Crippen molar-refractivity contribution in [2.45, 2.75) is 32.7 Å². The Morgan fingerprint density at radius 3 is 2.69 bits per heavy atom. The predicted molar refractivity (Wildman–Crippen MR) is 65.3 cm³/mol. The SMILES string of the molecule is CC1C(=O)Nc2ccc(C(N)C(C)C)cc21. The maximum absolute atomic E-state index is 11.5. The molecule has 2 atom stereocenters. The smallest absolute Gasteiger partial charge is 0.231 e. The van der Waals surface area contributed by atoms with Crippen molar-refractivity contribution in [3.8, 4) is 0 Å². The molecule has 0 saturated heterocycles. The number of anilines is 1. The van der Waals surface area contributed by atoms with Gasteiger partial charge < -0.3 is 11.1 Å². The van der Waals surface area contributed by atoms with E-state index < -0.39 is 0 Å². The second-order valence-corrected chi connectivity index (χ2v) is 4.83. The normalized spacial score (nSPS) is 20.8. The van der Waals surface area contributed by atoms with Gasteiger partial charge in [0.25, 0.3) is 0 Å². The van der Waals surface area contributed by atoms with E-state index in [-0.39, 0.29) is 17.9 Å². The molecule has 86 valence electrons. The topological polar surface area (TPSA) is 55.1 Å². The van der Waals surface area contributed by atoms with Gasteiger partial charge in [-0.3, -0.25) is 4.79 Å². The molecule has 0 fully saturated rings. The van der Waals surface area contributed by atoms with Gasteiger partial charge in [-0.2, -0.15) is 0 Å². The van der Waals surface area contributed by atoms with Gasteiger partial charge in [0.2, 0.25) is 5.91 Å². The van der Waals surface area contributed by atoms with Gasteiger partial charge in [-0.15, -0.1) is 0 Å². The van der Waals surface area contributed by atoms with Gasteiger partial charge in [0.15, 0.2) is 0 Å². The molecule has 1 aromatic carbocycles. The molecule has 0 bridgehead atoms. The second-order valence-electron chi connectivity index (χ2n) is 4.83. The monoisotopic (exact) mass is 218 g/mol. The zero-order valence-electron chi connectivity index (χ0n) is 9.95. The molecule has 0 spiro atoms. The fourth-order valence-electron chi connectivity index (χ4n) is 2.03. The van der Waals surface area contributed by atoms with E-state index >= 15 is 0 Å². The van der Waals surface area contributed by atoms with Crippen molar-refractivity contribution in [3.05, 3.63) is 29.3 Å². The molecule has 2 unspecified atom stereocenters. The third kappa shape index (κ3) is 1.71. The summed E-state index contributed by atoms with van der Waals surface area (Å²) in [5.74, 6) is 0.415. The number of hydrogen-bond donors (Lipinski definition) is 2. The average molecular weight is 218 g/mol. The van der Waals surface area contributed by atoms with Crippen molar-refractivity contribution in [3.63, 3.8) is 0 Å². The van der Waals surface area contributed by atoms with Crippen LogP contribution >= 0.6 is 0 Å². The highest BCUT2D eigenvalue weighted by atomic mass is 16.2. The van der Waals surface area contributed by atoms with Gasteiger partial charge in [0, 0.05) is 11.7 Å². The summed E-state index contributed by atoms with van der Waals surface area (Å²) >= 11 is 0. The van der Waals surface area contributed by atoms with E-state index in [0.717, 1.165) is 16.8 Å². The maximum Gasteiger partial charge on any atom is 0.231 e. The molecule has 3 nitrogen and oxygen atoms in total. The van der Waals surface area contributed by atoms with Gasteiger partial charge in [0.1, 0.15) is 0 Å². The Morgan fingerprint density at radius 1 is 1.38 bits per heavy atom. The minimum Gasteiger partial charge on any atom is -0.325 e. The molecule has 1 heterocycles. The van der Waals surface area contributed by atoms with Crippen LogP contribution in [0.3, 0.4) is 0 Å². The van der Waals surface area contributed by atoms with E-state index in [0.29, 0.717) is 5.92 Å². The van der Waals surface area contributed by atoms with E-state index in [1.54, 1.807) is 0 Å². The minimum atomic E-state index is -0.0608. The fourth-order valence-corrected chi connectivity index (χ4v) is 2.03. The minimum absolute atomic E-state index is 0.0354. The van der Waals surface area contributed by atoms with Gasteiger partial charge in [-0.25, -0.2) is 0 Å². The molecule has 2 rings (SSSR count). The van der Waals surface area contributed by atoms with Gasteiger partial charge in [-0.05, 0) is 30.0 Å². The molecule has 1 aliphatic heterocycles. The largest absolute Gasteiger partial charge is 0.325 e. The third-order valence-corrected chi connectivity index (χ3v) is 3.30. The van der Waals surface area contributed by atoms with Crippen LogP contribution in [-0.2, 0) is 4.79 Å². The first-order chi connectivity index (χ1) is 7.50. The molecule has 16 heavy (non-hydrogen) atoms. The Kier molecular flexibility index (Phi) is 2.72. The van der Waals surface area contributed by atoms with E-state index in [1.165, 1.54) is 0 Å². The maximum atomic E-state index is 11.5. The van der Waals surface area contributed by atoms with Crippen LogP contribution in [0.4, 0.5) is 5.69 Å². The lowest BCUT2D eigenvalue weighted by atomic mass is 9.93. The number of hydrogen-bond acceptors (Lipinski definition) is 2. The first kappa shape index (κ1) is 11.1. The third-order valence-electron chi connectivity index (χ3n) is 3.30. The highest BCUT2D eigenvalue weighted by molar-refractivity contribution is 6.02. The molecule has 1 amide bonds. The number of benzene rings is 1. The standard InChI is InChI=1S/C13H18N2O/c1-7(2)12(14)9-4-5-11-10(6-9)8(3)13(16)15-11/h4-8,12H,14H2,1-3H3,(H,15,16). The lowest BCUT2D eigenvalue weighted by Crippen LogP contribution is -2.16. The second kappa shape index (κ2) is 3.91. The number of fused-ring (bicyclic) bond motifs is 1. The van der Waals surface area contributed by atoms with Crippen LogP contribution in [0.25, 0.3) is 0 Å². The summed E-state index contributed by atoms with van der Waals surface area (Å²) in [4.78, 5) is 11.5. The van der Waals surface area contributed by atoms with Crippen molar-refractivity contribution in [1.82, 2.24) is 0 Å². The van der Waals surface area contributed by atoms with Gasteiger partial charge >= 0.3 is 0 Å². The predicted octanol–water partition coefficient (Wildman–Crippen LogP) is 2.40. The number of nitrogens with two attached hydrogens (primary N) is 1. The number of rotatable bonds is 2. The summed E-state index contributed by atoms with van der Waals surface area (Å²) in [6.07, 6.45) is 0.